The predicted octanol–water partition coefficient (Wildman–Crippen LogP) is 2.95. The van der Waals surface area contributed by atoms with Crippen LogP contribution in [-0.2, 0) is 15.3 Å². The molecule has 122 valence electrons. The zero-order valence-electron chi connectivity index (χ0n) is 12.4. The average Bonchev–Trinajstić information content (AvgIpc) is 3.11. The van der Waals surface area contributed by atoms with E-state index in [-0.39, 0.29) is 17.6 Å². The van der Waals surface area contributed by atoms with Crippen molar-refractivity contribution in [1.29, 1.82) is 0 Å². The first-order valence-electron chi connectivity index (χ1n) is 7.10. The smallest absolute Gasteiger partial charge is 0.373 e. The van der Waals surface area contributed by atoms with E-state index in [0.717, 1.165) is 23.6 Å². The molecule has 3 rings (SSSR count). The normalized spacial score (nSPS) is 14.3. The third kappa shape index (κ3) is 3.91. The van der Waals surface area contributed by atoms with E-state index in [1.54, 1.807) is 12.1 Å². The van der Waals surface area contributed by atoms with Gasteiger partial charge in [-0.2, -0.15) is 0 Å². The van der Waals surface area contributed by atoms with Gasteiger partial charge in [-0.3, -0.25) is 4.79 Å². The number of hydrogen-bond donors (Lipinski definition) is 1. The van der Waals surface area contributed by atoms with Crippen LogP contribution in [0.4, 0.5) is 5.13 Å². The van der Waals surface area contributed by atoms with E-state index in [4.69, 9.17) is 4.42 Å². The third-order valence-electron chi connectivity index (χ3n) is 3.50. The molecule has 0 atom stereocenters. The number of furan rings is 1. The van der Waals surface area contributed by atoms with E-state index in [9.17, 15) is 9.59 Å². The molecule has 7 nitrogen and oxygen atoms in total. The van der Waals surface area contributed by atoms with E-state index in [0.29, 0.717) is 16.6 Å². The molecule has 1 aliphatic carbocycles. The Hall–Kier alpha value is -1.87. The van der Waals surface area contributed by atoms with Crippen LogP contribution in [0.5, 0.6) is 0 Å². The standard InChI is InChI=1S/C14H15N3O4S2/c1-20-12(19)10-6-5-9(21-10)7-22-14-17-16-13(23-14)15-11(18)8-3-2-4-8/h5-6,8H,2-4,7H2,1H3,(H,15,16,18). The second-order valence-corrected chi connectivity index (χ2v) is 7.24. The molecule has 0 bridgehead atoms. The molecular weight excluding hydrogens is 338 g/mol. The first-order valence-corrected chi connectivity index (χ1v) is 8.90. The number of anilines is 1. The quantitative estimate of drug-likeness (QED) is 0.485. The summed E-state index contributed by atoms with van der Waals surface area (Å²) in [7, 11) is 1.31. The van der Waals surface area contributed by atoms with Crippen LogP contribution in [0.25, 0.3) is 0 Å². The molecule has 0 unspecified atom stereocenters. The molecule has 0 aliphatic heterocycles. The van der Waals surface area contributed by atoms with Crippen LogP contribution in [0.15, 0.2) is 20.9 Å². The van der Waals surface area contributed by atoms with Gasteiger partial charge in [-0.15, -0.1) is 10.2 Å². The number of esters is 1. The van der Waals surface area contributed by atoms with Crippen molar-refractivity contribution in [2.24, 2.45) is 5.92 Å². The number of rotatable bonds is 6. The molecule has 0 saturated heterocycles. The molecule has 23 heavy (non-hydrogen) atoms. The number of nitrogens with zero attached hydrogens (tertiary/aromatic N) is 2. The van der Waals surface area contributed by atoms with Crippen molar-refractivity contribution < 1.29 is 18.7 Å². The number of ether oxygens (including phenoxy) is 1. The number of carbonyl (C=O) groups is 2. The monoisotopic (exact) mass is 353 g/mol. The summed E-state index contributed by atoms with van der Waals surface area (Å²) in [6, 6.07) is 3.30. The van der Waals surface area contributed by atoms with Crippen molar-refractivity contribution in [3.8, 4) is 0 Å². The van der Waals surface area contributed by atoms with Crippen LogP contribution in [0.2, 0.25) is 0 Å². The zero-order chi connectivity index (χ0) is 16.2. The molecule has 0 aromatic carbocycles. The summed E-state index contributed by atoms with van der Waals surface area (Å²) < 4.78 is 10.7. The molecule has 0 radical (unpaired) electrons. The molecule has 2 heterocycles. The van der Waals surface area contributed by atoms with Crippen LogP contribution < -0.4 is 5.32 Å². The Kier molecular flexibility index (Phi) is 4.97. The van der Waals surface area contributed by atoms with Gasteiger partial charge in [0.05, 0.1) is 12.9 Å². The molecule has 1 N–H and O–H groups in total. The summed E-state index contributed by atoms with van der Waals surface area (Å²) >= 11 is 2.76. The van der Waals surface area contributed by atoms with E-state index in [2.05, 4.69) is 20.3 Å². The molecule has 1 fully saturated rings. The van der Waals surface area contributed by atoms with Gasteiger partial charge >= 0.3 is 5.97 Å². The topological polar surface area (TPSA) is 94.3 Å². The van der Waals surface area contributed by atoms with E-state index in [1.807, 2.05) is 0 Å². The van der Waals surface area contributed by atoms with Crippen molar-refractivity contribution in [2.75, 3.05) is 12.4 Å². The Morgan fingerprint density at radius 1 is 1.43 bits per heavy atom. The fraction of sp³-hybridized carbons (Fsp3) is 0.429. The van der Waals surface area contributed by atoms with Gasteiger partial charge in [-0.1, -0.05) is 29.5 Å². The highest BCUT2D eigenvalue weighted by Crippen LogP contribution is 2.31. The average molecular weight is 353 g/mol. The molecule has 0 spiro atoms. The van der Waals surface area contributed by atoms with Gasteiger partial charge in [0.2, 0.25) is 16.8 Å². The van der Waals surface area contributed by atoms with Gasteiger partial charge in [-0.05, 0) is 25.0 Å². The Labute approximate surface area is 140 Å². The Balaban J connectivity index is 1.51. The minimum Gasteiger partial charge on any atom is -0.463 e. The maximum absolute atomic E-state index is 11.8. The van der Waals surface area contributed by atoms with Gasteiger partial charge in [0.25, 0.3) is 0 Å². The lowest BCUT2D eigenvalue weighted by molar-refractivity contribution is -0.122. The van der Waals surface area contributed by atoms with Crippen molar-refractivity contribution in [2.45, 2.75) is 29.4 Å². The maximum Gasteiger partial charge on any atom is 0.373 e. The summed E-state index contributed by atoms with van der Waals surface area (Å²) in [6.45, 7) is 0. The molecule has 2 aromatic heterocycles. The van der Waals surface area contributed by atoms with Crippen LogP contribution in [-0.4, -0.2) is 29.2 Å². The molecule has 1 saturated carbocycles. The van der Waals surface area contributed by atoms with Crippen molar-refractivity contribution in [3.63, 3.8) is 0 Å². The number of hydrogen-bond acceptors (Lipinski definition) is 8. The molecule has 9 heteroatoms. The Morgan fingerprint density at radius 2 is 2.26 bits per heavy atom. The van der Waals surface area contributed by atoms with Crippen LogP contribution in [0.1, 0.15) is 35.6 Å². The number of carbonyl (C=O) groups excluding carboxylic acids is 2. The van der Waals surface area contributed by atoms with E-state index in [1.165, 1.54) is 30.2 Å². The van der Waals surface area contributed by atoms with Crippen LogP contribution in [0, 0.1) is 5.92 Å². The summed E-state index contributed by atoms with van der Waals surface area (Å²) in [6.07, 6.45) is 3.02. The van der Waals surface area contributed by atoms with Gasteiger partial charge in [0.15, 0.2) is 4.34 Å². The van der Waals surface area contributed by atoms with Crippen molar-refractivity contribution in [1.82, 2.24) is 10.2 Å². The highest BCUT2D eigenvalue weighted by molar-refractivity contribution is 8.00. The summed E-state index contributed by atoms with van der Waals surface area (Å²) in [5.74, 6) is 0.979. The van der Waals surface area contributed by atoms with Crippen LogP contribution in [0.3, 0.4) is 0 Å². The van der Waals surface area contributed by atoms with Crippen LogP contribution >= 0.6 is 23.1 Å². The summed E-state index contributed by atoms with van der Waals surface area (Å²) in [5, 5.41) is 11.3. The zero-order valence-corrected chi connectivity index (χ0v) is 14.0. The number of amides is 1. The third-order valence-corrected chi connectivity index (χ3v) is 5.49. The predicted molar refractivity (Wildman–Crippen MR) is 85.5 cm³/mol. The Morgan fingerprint density at radius 3 is 2.96 bits per heavy atom. The second-order valence-electron chi connectivity index (χ2n) is 5.04. The first kappa shape index (κ1) is 16.0. The maximum atomic E-state index is 11.8. The fourth-order valence-electron chi connectivity index (χ4n) is 2.00. The molecule has 1 amide bonds. The lowest BCUT2D eigenvalue weighted by Gasteiger charge is -2.23. The van der Waals surface area contributed by atoms with Crippen molar-refractivity contribution in [3.05, 3.63) is 23.7 Å². The number of thioether (sulfide) groups is 1. The van der Waals surface area contributed by atoms with Gasteiger partial charge in [-0.25, -0.2) is 4.79 Å². The lowest BCUT2D eigenvalue weighted by atomic mass is 9.85. The summed E-state index contributed by atoms with van der Waals surface area (Å²) in [5.41, 5.74) is 0. The minimum atomic E-state index is -0.502. The van der Waals surface area contributed by atoms with Gasteiger partial charge in [0.1, 0.15) is 5.76 Å². The van der Waals surface area contributed by atoms with E-state index < -0.39 is 5.97 Å². The number of methoxy groups -OCH3 is 1. The fourth-order valence-corrected chi connectivity index (χ4v) is 3.64. The van der Waals surface area contributed by atoms with E-state index >= 15 is 0 Å². The van der Waals surface area contributed by atoms with Crippen molar-refractivity contribution >= 4 is 40.1 Å². The molecule has 2 aromatic rings. The Bertz CT molecular complexity index is 708. The second kappa shape index (κ2) is 7.14. The molecular formula is C14H15N3O4S2. The number of nitrogens with one attached hydrogen (secondary N) is 1. The lowest BCUT2D eigenvalue weighted by Crippen LogP contribution is -2.27. The molecule has 1 aliphatic rings. The minimum absolute atomic E-state index is 0.0257. The highest BCUT2D eigenvalue weighted by Gasteiger charge is 2.26. The first-order chi connectivity index (χ1) is 11.2. The highest BCUT2D eigenvalue weighted by atomic mass is 32.2. The van der Waals surface area contributed by atoms with Gasteiger partial charge in [0, 0.05) is 5.92 Å². The van der Waals surface area contributed by atoms with Gasteiger partial charge < -0.3 is 14.5 Å². The summed E-state index contributed by atoms with van der Waals surface area (Å²) in [4.78, 5) is 23.1. The SMILES string of the molecule is COC(=O)c1ccc(CSc2nnc(NC(=O)C3CCC3)s2)o1. The largest absolute Gasteiger partial charge is 0.463 e. The number of aromatic nitrogens is 2.